The van der Waals surface area contributed by atoms with Gasteiger partial charge in [-0.3, -0.25) is 9.59 Å². The molecule has 1 amide bonds. The molecule has 0 saturated carbocycles. The first-order valence-electron chi connectivity index (χ1n) is 6.25. The van der Waals surface area contributed by atoms with Crippen molar-refractivity contribution >= 4 is 23.6 Å². The van der Waals surface area contributed by atoms with Crippen molar-refractivity contribution in [2.45, 2.75) is 24.7 Å². The summed E-state index contributed by atoms with van der Waals surface area (Å²) in [5.41, 5.74) is 0.633. The van der Waals surface area contributed by atoms with Gasteiger partial charge in [0.2, 0.25) is 0 Å². The van der Waals surface area contributed by atoms with E-state index in [1.54, 1.807) is 30.8 Å². The van der Waals surface area contributed by atoms with Crippen LogP contribution in [-0.4, -0.2) is 31.3 Å². The van der Waals surface area contributed by atoms with Crippen LogP contribution in [0.4, 0.5) is 0 Å². The number of esters is 1. The van der Waals surface area contributed by atoms with Crippen LogP contribution in [0, 0.1) is 0 Å². The largest absolute Gasteiger partial charge is 0.466 e. The van der Waals surface area contributed by atoms with E-state index < -0.39 is 0 Å². The second-order valence-corrected chi connectivity index (χ2v) is 4.77. The standard InChI is InChI=1S/C14H19NO3S/c1-3-18-13(16)5-4-10-15-14(17)11-6-8-12(19-2)9-7-11/h6-9H,3-5,10H2,1-2H3,(H,15,17). The van der Waals surface area contributed by atoms with Gasteiger partial charge in [0.1, 0.15) is 0 Å². The fourth-order valence-electron chi connectivity index (χ4n) is 1.51. The van der Waals surface area contributed by atoms with Gasteiger partial charge in [-0.1, -0.05) is 0 Å². The molecule has 1 aromatic rings. The molecule has 1 aromatic carbocycles. The molecule has 0 bridgehead atoms. The lowest BCUT2D eigenvalue weighted by Gasteiger charge is -2.05. The van der Waals surface area contributed by atoms with E-state index in [1.165, 1.54) is 0 Å². The molecule has 0 aromatic heterocycles. The lowest BCUT2D eigenvalue weighted by atomic mass is 10.2. The van der Waals surface area contributed by atoms with E-state index in [0.717, 1.165) is 4.90 Å². The van der Waals surface area contributed by atoms with Crippen LogP contribution in [0.1, 0.15) is 30.1 Å². The summed E-state index contributed by atoms with van der Waals surface area (Å²) in [5.74, 6) is -0.336. The molecule has 4 nitrogen and oxygen atoms in total. The predicted octanol–water partition coefficient (Wildman–Crippen LogP) is 2.48. The maximum absolute atomic E-state index is 11.8. The maximum atomic E-state index is 11.8. The van der Waals surface area contributed by atoms with Gasteiger partial charge in [-0.2, -0.15) is 0 Å². The third-order valence-electron chi connectivity index (χ3n) is 2.50. The van der Waals surface area contributed by atoms with Crippen molar-refractivity contribution < 1.29 is 14.3 Å². The van der Waals surface area contributed by atoms with Gasteiger partial charge in [-0.25, -0.2) is 0 Å². The van der Waals surface area contributed by atoms with Crippen LogP contribution >= 0.6 is 11.8 Å². The lowest BCUT2D eigenvalue weighted by molar-refractivity contribution is -0.143. The highest BCUT2D eigenvalue weighted by molar-refractivity contribution is 7.98. The van der Waals surface area contributed by atoms with Crippen molar-refractivity contribution in [1.29, 1.82) is 0 Å². The number of amides is 1. The number of hydrogen-bond acceptors (Lipinski definition) is 4. The minimum atomic E-state index is -0.221. The van der Waals surface area contributed by atoms with Crippen LogP contribution in [0.3, 0.4) is 0 Å². The SMILES string of the molecule is CCOC(=O)CCCNC(=O)c1ccc(SC)cc1. The molecule has 0 radical (unpaired) electrons. The Balaban J connectivity index is 2.29. The van der Waals surface area contributed by atoms with Crippen molar-refractivity contribution in [3.63, 3.8) is 0 Å². The smallest absolute Gasteiger partial charge is 0.305 e. The fraction of sp³-hybridized carbons (Fsp3) is 0.429. The van der Waals surface area contributed by atoms with Crippen molar-refractivity contribution in [3.05, 3.63) is 29.8 Å². The molecule has 0 fully saturated rings. The molecule has 5 heteroatoms. The highest BCUT2D eigenvalue weighted by atomic mass is 32.2. The zero-order valence-electron chi connectivity index (χ0n) is 11.3. The maximum Gasteiger partial charge on any atom is 0.305 e. The van der Waals surface area contributed by atoms with E-state index in [2.05, 4.69) is 5.32 Å². The van der Waals surface area contributed by atoms with E-state index in [9.17, 15) is 9.59 Å². The molecular formula is C14H19NO3S. The van der Waals surface area contributed by atoms with Gasteiger partial charge in [0.25, 0.3) is 5.91 Å². The Morgan fingerprint density at radius 1 is 1.26 bits per heavy atom. The number of rotatable bonds is 7. The molecule has 0 aliphatic rings. The van der Waals surface area contributed by atoms with Crippen molar-refractivity contribution in [1.82, 2.24) is 5.32 Å². The Hall–Kier alpha value is -1.49. The molecule has 0 atom stereocenters. The molecule has 104 valence electrons. The number of hydrogen-bond donors (Lipinski definition) is 1. The number of carbonyl (C=O) groups excluding carboxylic acids is 2. The minimum absolute atomic E-state index is 0.114. The quantitative estimate of drug-likeness (QED) is 0.474. The summed E-state index contributed by atoms with van der Waals surface area (Å²) >= 11 is 1.64. The minimum Gasteiger partial charge on any atom is -0.466 e. The second-order valence-electron chi connectivity index (χ2n) is 3.89. The van der Waals surface area contributed by atoms with Crippen LogP contribution in [0.5, 0.6) is 0 Å². The second kappa shape index (κ2) is 8.58. The molecule has 0 saturated heterocycles. The highest BCUT2D eigenvalue weighted by Crippen LogP contribution is 2.14. The molecule has 0 spiro atoms. The monoisotopic (exact) mass is 281 g/mol. The summed E-state index contributed by atoms with van der Waals surface area (Å²) in [4.78, 5) is 24.0. The highest BCUT2D eigenvalue weighted by Gasteiger charge is 2.05. The Labute approximate surface area is 117 Å². The van der Waals surface area contributed by atoms with Crippen molar-refractivity contribution in [2.24, 2.45) is 0 Å². The van der Waals surface area contributed by atoms with E-state index in [0.29, 0.717) is 31.6 Å². The lowest BCUT2D eigenvalue weighted by Crippen LogP contribution is -2.25. The average molecular weight is 281 g/mol. The fourth-order valence-corrected chi connectivity index (χ4v) is 1.92. The van der Waals surface area contributed by atoms with Gasteiger partial charge >= 0.3 is 5.97 Å². The Bertz CT molecular complexity index is 417. The average Bonchev–Trinajstić information content (AvgIpc) is 2.44. The topological polar surface area (TPSA) is 55.4 Å². The van der Waals surface area contributed by atoms with Crippen molar-refractivity contribution in [3.8, 4) is 0 Å². The molecule has 0 unspecified atom stereocenters. The summed E-state index contributed by atoms with van der Waals surface area (Å²) in [6, 6.07) is 7.43. The third-order valence-corrected chi connectivity index (χ3v) is 3.24. The number of carbonyl (C=O) groups is 2. The zero-order valence-corrected chi connectivity index (χ0v) is 12.1. The molecule has 1 rings (SSSR count). The van der Waals surface area contributed by atoms with E-state index in [-0.39, 0.29) is 11.9 Å². The van der Waals surface area contributed by atoms with Gasteiger partial charge in [0.15, 0.2) is 0 Å². The van der Waals surface area contributed by atoms with Gasteiger partial charge in [-0.15, -0.1) is 11.8 Å². The van der Waals surface area contributed by atoms with Gasteiger partial charge in [0, 0.05) is 23.4 Å². The number of benzene rings is 1. The summed E-state index contributed by atoms with van der Waals surface area (Å²) in [7, 11) is 0. The third kappa shape index (κ3) is 5.79. The molecule has 19 heavy (non-hydrogen) atoms. The summed E-state index contributed by atoms with van der Waals surface area (Å²) in [6.07, 6.45) is 2.91. The molecule has 0 heterocycles. The normalized spacial score (nSPS) is 10.0. The Kier molecular flexibility index (Phi) is 7.03. The molecule has 0 aliphatic heterocycles. The van der Waals surface area contributed by atoms with E-state index in [1.807, 2.05) is 18.4 Å². The predicted molar refractivity (Wildman–Crippen MR) is 76.4 cm³/mol. The summed E-state index contributed by atoms with van der Waals surface area (Å²) in [6.45, 7) is 2.65. The van der Waals surface area contributed by atoms with Crippen LogP contribution in [0.25, 0.3) is 0 Å². The first-order valence-corrected chi connectivity index (χ1v) is 7.47. The van der Waals surface area contributed by atoms with Gasteiger partial charge in [-0.05, 0) is 43.9 Å². The number of ether oxygens (including phenoxy) is 1. The molecular weight excluding hydrogens is 262 g/mol. The zero-order chi connectivity index (χ0) is 14.1. The Morgan fingerprint density at radius 2 is 1.95 bits per heavy atom. The summed E-state index contributed by atoms with van der Waals surface area (Å²) < 4.78 is 4.81. The van der Waals surface area contributed by atoms with Crippen LogP contribution in [-0.2, 0) is 9.53 Å². The van der Waals surface area contributed by atoms with E-state index >= 15 is 0 Å². The number of nitrogens with one attached hydrogen (secondary N) is 1. The number of thioether (sulfide) groups is 1. The summed E-state index contributed by atoms with van der Waals surface area (Å²) in [5, 5.41) is 2.78. The molecule has 0 aliphatic carbocycles. The van der Waals surface area contributed by atoms with Crippen molar-refractivity contribution in [2.75, 3.05) is 19.4 Å². The molecule has 1 N–H and O–H groups in total. The van der Waals surface area contributed by atoms with Crippen LogP contribution in [0.2, 0.25) is 0 Å². The van der Waals surface area contributed by atoms with Gasteiger partial charge < -0.3 is 10.1 Å². The first-order chi connectivity index (χ1) is 9.17. The van der Waals surface area contributed by atoms with Crippen LogP contribution < -0.4 is 5.32 Å². The first kappa shape index (κ1) is 15.6. The van der Waals surface area contributed by atoms with Gasteiger partial charge in [0.05, 0.1) is 6.61 Å². The van der Waals surface area contributed by atoms with Crippen LogP contribution in [0.15, 0.2) is 29.2 Å². The Morgan fingerprint density at radius 3 is 2.53 bits per heavy atom. The van der Waals surface area contributed by atoms with E-state index in [4.69, 9.17) is 4.74 Å².